The Morgan fingerprint density at radius 3 is 2.50 bits per heavy atom. The number of hydrogen-bond donors (Lipinski definition) is 1. The van der Waals surface area contributed by atoms with Crippen LogP contribution in [0.4, 0.5) is 4.79 Å². The van der Waals surface area contributed by atoms with Crippen molar-refractivity contribution in [3.8, 4) is 17.3 Å². The molecular formula is C11H8ClNO3. The Kier molecular flexibility index (Phi) is 2.83. The van der Waals surface area contributed by atoms with E-state index in [-0.39, 0.29) is 5.95 Å². The number of primary amides is 1. The van der Waals surface area contributed by atoms with Crippen LogP contribution in [0.5, 0.6) is 5.95 Å². The molecule has 2 N–H and O–H groups in total. The summed E-state index contributed by atoms with van der Waals surface area (Å²) in [5, 5.41) is 0.643. The van der Waals surface area contributed by atoms with E-state index < -0.39 is 6.09 Å². The normalized spacial score (nSPS) is 10.1. The van der Waals surface area contributed by atoms with Crippen LogP contribution in [-0.4, -0.2) is 6.09 Å². The van der Waals surface area contributed by atoms with Crippen LogP contribution >= 0.6 is 11.6 Å². The molecule has 16 heavy (non-hydrogen) atoms. The molecule has 0 unspecified atom stereocenters. The molecular weight excluding hydrogens is 230 g/mol. The molecule has 0 spiro atoms. The van der Waals surface area contributed by atoms with Gasteiger partial charge in [0.2, 0.25) is 0 Å². The Morgan fingerprint density at radius 2 is 1.88 bits per heavy atom. The van der Waals surface area contributed by atoms with Gasteiger partial charge in [0.25, 0.3) is 5.95 Å². The molecule has 1 aromatic heterocycles. The number of carbonyl (C=O) groups is 1. The molecule has 0 aliphatic rings. The highest BCUT2D eigenvalue weighted by atomic mass is 35.5. The fourth-order valence-corrected chi connectivity index (χ4v) is 1.37. The second-order valence-electron chi connectivity index (χ2n) is 3.05. The third-order valence-electron chi connectivity index (χ3n) is 1.91. The monoisotopic (exact) mass is 237 g/mol. The van der Waals surface area contributed by atoms with Gasteiger partial charge in [-0.1, -0.05) is 11.6 Å². The number of halogens is 1. The van der Waals surface area contributed by atoms with Gasteiger partial charge in [-0.2, -0.15) is 0 Å². The van der Waals surface area contributed by atoms with E-state index >= 15 is 0 Å². The van der Waals surface area contributed by atoms with Crippen molar-refractivity contribution in [3.05, 3.63) is 41.4 Å². The van der Waals surface area contributed by atoms with Gasteiger partial charge in [-0.15, -0.1) is 0 Å². The zero-order chi connectivity index (χ0) is 11.5. The fraction of sp³-hybridized carbons (Fsp3) is 0. The first kappa shape index (κ1) is 10.6. The van der Waals surface area contributed by atoms with Crippen LogP contribution in [0.25, 0.3) is 11.3 Å². The quantitative estimate of drug-likeness (QED) is 0.873. The SMILES string of the molecule is NC(=O)Oc1ccc(-c2ccc(Cl)cc2)o1. The average Bonchev–Trinajstić information content (AvgIpc) is 2.66. The van der Waals surface area contributed by atoms with Crippen LogP contribution in [0.15, 0.2) is 40.8 Å². The zero-order valence-electron chi connectivity index (χ0n) is 8.14. The topological polar surface area (TPSA) is 65.5 Å². The minimum atomic E-state index is -0.906. The predicted molar refractivity (Wildman–Crippen MR) is 59.4 cm³/mol. The van der Waals surface area contributed by atoms with Crippen molar-refractivity contribution >= 4 is 17.7 Å². The number of furan rings is 1. The molecule has 1 amide bonds. The molecule has 0 bridgehead atoms. The molecule has 2 rings (SSSR count). The Bertz CT molecular complexity index is 504. The summed E-state index contributed by atoms with van der Waals surface area (Å²) in [6.45, 7) is 0. The lowest BCUT2D eigenvalue weighted by Crippen LogP contribution is -2.15. The summed E-state index contributed by atoms with van der Waals surface area (Å²) in [5.74, 6) is 0.644. The minimum Gasteiger partial charge on any atom is -0.425 e. The molecule has 0 saturated carbocycles. The van der Waals surface area contributed by atoms with Gasteiger partial charge in [0.15, 0.2) is 0 Å². The Labute approximate surface area is 96.6 Å². The lowest BCUT2D eigenvalue weighted by Gasteiger charge is -1.97. The Balaban J connectivity index is 2.24. The highest BCUT2D eigenvalue weighted by molar-refractivity contribution is 6.30. The highest BCUT2D eigenvalue weighted by Crippen LogP contribution is 2.27. The minimum absolute atomic E-state index is 0.0671. The van der Waals surface area contributed by atoms with Crippen molar-refractivity contribution in [2.45, 2.75) is 0 Å². The van der Waals surface area contributed by atoms with Crippen LogP contribution in [0.2, 0.25) is 5.02 Å². The third-order valence-corrected chi connectivity index (χ3v) is 2.16. The molecule has 1 heterocycles. The summed E-state index contributed by atoms with van der Waals surface area (Å²) in [7, 11) is 0. The first-order valence-corrected chi connectivity index (χ1v) is 4.86. The third kappa shape index (κ3) is 2.35. The average molecular weight is 238 g/mol. The number of benzene rings is 1. The van der Waals surface area contributed by atoms with E-state index in [9.17, 15) is 4.79 Å². The van der Waals surface area contributed by atoms with Crippen molar-refractivity contribution < 1.29 is 13.9 Å². The molecule has 1 aromatic carbocycles. The van der Waals surface area contributed by atoms with E-state index in [1.165, 1.54) is 6.07 Å². The van der Waals surface area contributed by atoms with Crippen LogP contribution in [0, 0.1) is 0 Å². The predicted octanol–water partition coefficient (Wildman–Crippen LogP) is 3.06. The molecule has 0 aliphatic heterocycles. The second-order valence-corrected chi connectivity index (χ2v) is 3.48. The van der Waals surface area contributed by atoms with E-state index in [1.807, 2.05) is 0 Å². The van der Waals surface area contributed by atoms with Gasteiger partial charge in [-0.25, -0.2) is 4.79 Å². The molecule has 5 heteroatoms. The molecule has 0 radical (unpaired) electrons. The summed E-state index contributed by atoms with van der Waals surface area (Å²) in [5.41, 5.74) is 5.69. The smallest absolute Gasteiger partial charge is 0.412 e. The summed E-state index contributed by atoms with van der Waals surface area (Å²) in [6, 6.07) is 10.3. The largest absolute Gasteiger partial charge is 0.425 e. The number of rotatable bonds is 2. The standard InChI is InChI=1S/C11H8ClNO3/c12-8-3-1-7(2-4-8)9-5-6-10(15-9)16-11(13)14/h1-6H,(H2,13,14). The first-order valence-electron chi connectivity index (χ1n) is 4.48. The number of carbonyl (C=O) groups excluding carboxylic acids is 1. The van der Waals surface area contributed by atoms with Gasteiger partial charge < -0.3 is 14.9 Å². The van der Waals surface area contributed by atoms with Crippen molar-refractivity contribution in [1.82, 2.24) is 0 Å². The molecule has 0 atom stereocenters. The highest BCUT2D eigenvalue weighted by Gasteiger charge is 2.07. The lowest BCUT2D eigenvalue weighted by atomic mass is 10.2. The zero-order valence-corrected chi connectivity index (χ0v) is 8.90. The van der Waals surface area contributed by atoms with Crippen LogP contribution < -0.4 is 10.5 Å². The Hall–Kier alpha value is -1.94. The summed E-state index contributed by atoms with van der Waals surface area (Å²) in [6.07, 6.45) is -0.906. The van der Waals surface area contributed by atoms with E-state index in [4.69, 9.17) is 21.8 Å². The summed E-state index contributed by atoms with van der Waals surface area (Å²) < 4.78 is 9.84. The molecule has 82 valence electrons. The van der Waals surface area contributed by atoms with Crippen molar-refractivity contribution in [1.29, 1.82) is 0 Å². The van der Waals surface area contributed by atoms with Crippen molar-refractivity contribution in [2.75, 3.05) is 0 Å². The van der Waals surface area contributed by atoms with E-state index in [0.717, 1.165) is 5.56 Å². The van der Waals surface area contributed by atoms with Gasteiger partial charge in [0.1, 0.15) is 5.76 Å². The van der Waals surface area contributed by atoms with Crippen LogP contribution in [-0.2, 0) is 0 Å². The lowest BCUT2D eigenvalue weighted by molar-refractivity contribution is 0.198. The number of nitrogens with two attached hydrogens (primary N) is 1. The molecule has 0 saturated heterocycles. The molecule has 0 aliphatic carbocycles. The van der Waals surface area contributed by atoms with Crippen molar-refractivity contribution in [3.63, 3.8) is 0 Å². The van der Waals surface area contributed by atoms with E-state index in [0.29, 0.717) is 10.8 Å². The van der Waals surface area contributed by atoms with Crippen LogP contribution in [0.1, 0.15) is 0 Å². The summed E-state index contributed by atoms with van der Waals surface area (Å²) >= 11 is 5.76. The van der Waals surface area contributed by atoms with Crippen LogP contribution in [0.3, 0.4) is 0 Å². The molecule has 0 fully saturated rings. The number of amides is 1. The van der Waals surface area contributed by atoms with Crippen molar-refractivity contribution in [2.24, 2.45) is 5.73 Å². The maximum atomic E-state index is 10.5. The molecule has 4 nitrogen and oxygen atoms in total. The van der Waals surface area contributed by atoms with Gasteiger partial charge in [0.05, 0.1) is 0 Å². The van der Waals surface area contributed by atoms with Gasteiger partial charge in [0, 0.05) is 16.7 Å². The Morgan fingerprint density at radius 1 is 1.19 bits per heavy atom. The van der Waals surface area contributed by atoms with Gasteiger partial charge >= 0.3 is 6.09 Å². The van der Waals surface area contributed by atoms with Gasteiger partial charge in [-0.05, 0) is 30.3 Å². The number of ether oxygens (including phenoxy) is 1. The first-order chi connectivity index (χ1) is 7.65. The summed E-state index contributed by atoms with van der Waals surface area (Å²) in [4.78, 5) is 10.5. The fourth-order valence-electron chi connectivity index (χ4n) is 1.24. The van der Waals surface area contributed by atoms with E-state index in [1.54, 1.807) is 30.3 Å². The van der Waals surface area contributed by atoms with E-state index in [2.05, 4.69) is 4.74 Å². The molecule has 2 aromatic rings. The second kappa shape index (κ2) is 4.28. The number of hydrogen-bond acceptors (Lipinski definition) is 3. The van der Waals surface area contributed by atoms with Gasteiger partial charge in [-0.3, -0.25) is 0 Å². The maximum absolute atomic E-state index is 10.5. The maximum Gasteiger partial charge on any atom is 0.412 e.